The Morgan fingerprint density at radius 3 is 2.14 bits per heavy atom. The fourth-order valence-electron chi connectivity index (χ4n) is 4.32. The number of nitrogens with zero attached hydrogens (tertiary/aromatic N) is 2. The van der Waals surface area contributed by atoms with Crippen LogP contribution in [0.15, 0.2) is 24.3 Å². The van der Waals surface area contributed by atoms with Gasteiger partial charge in [0.15, 0.2) is 0 Å². The van der Waals surface area contributed by atoms with Crippen LogP contribution < -0.4 is 0 Å². The molecule has 0 unspecified atom stereocenters. The van der Waals surface area contributed by atoms with Gasteiger partial charge >= 0.3 is 5.97 Å². The molecule has 3 rings (SSSR count). The number of hydrogen-bond donors (Lipinski definition) is 1. The molecule has 1 saturated carbocycles. The molecule has 1 aromatic rings. The van der Waals surface area contributed by atoms with Crippen LogP contribution in [0.2, 0.25) is 0 Å². The standard InChI is InChI=1S/C22H30N2O4/c25-20(11-10-18-8-4-5-9-19(18)22(27)28)23-12-14-24(15-13-23)21(26)16-17-6-2-1-3-7-17/h4-5,8-9,17H,1-3,6-7,10-16H2,(H,27,28). The van der Waals surface area contributed by atoms with Gasteiger partial charge in [0.2, 0.25) is 11.8 Å². The Morgan fingerprint density at radius 1 is 0.893 bits per heavy atom. The Kier molecular flexibility index (Phi) is 7.06. The van der Waals surface area contributed by atoms with E-state index in [4.69, 9.17) is 0 Å². The van der Waals surface area contributed by atoms with Crippen LogP contribution in [0.5, 0.6) is 0 Å². The van der Waals surface area contributed by atoms with Crippen LogP contribution >= 0.6 is 0 Å². The number of aryl methyl sites for hydroxylation is 1. The molecule has 152 valence electrons. The van der Waals surface area contributed by atoms with E-state index >= 15 is 0 Å². The highest BCUT2D eigenvalue weighted by atomic mass is 16.4. The predicted octanol–water partition coefficient (Wildman–Crippen LogP) is 2.96. The molecule has 2 fully saturated rings. The summed E-state index contributed by atoms with van der Waals surface area (Å²) < 4.78 is 0. The van der Waals surface area contributed by atoms with Crippen molar-refractivity contribution in [3.8, 4) is 0 Å². The summed E-state index contributed by atoms with van der Waals surface area (Å²) in [6.07, 6.45) is 7.48. The van der Waals surface area contributed by atoms with Gasteiger partial charge in [0, 0.05) is 39.0 Å². The monoisotopic (exact) mass is 386 g/mol. The number of carboxylic acids is 1. The minimum atomic E-state index is -0.965. The number of aromatic carboxylic acids is 1. The zero-order valence-corrected chi connectivity index (χ0v) is 16.4. The van der Waals surface area contributed by atoms with Crippen molar-refractivity contribution in [2.75, 3.05) is 26.2 Å². The first-order valence-corrected chi connectivity index (χ1v) is 10.4. The quantitative estimate of drug-likeness (QED) is 0.815. The second kappa shape index (κ2) is 9.71. The maximum atomic E-state index is 12.5. The minimum Gasteiger partial charge on any atom is -0.478 e. The van der Waals surface area contributed by atoms with Crippen molar-refractivity contribution in [3.63, 3.8) is 0 Å². The molecule has 1 aliphatic carbocycles. The highest BCUT2D eigenvalue weighted by Crippen LogP contribution is 2.27. The van der Waals surface area contributed by atoms with Gasteiger partial charge in [-0.3, -0.25) is 9.59 Å². The molecule has 6 heteroatoms. The molecule has 0 atom stereocenters. The first kappa shape index (κ1) is 20.4. The molecule has 1 aromatic carbocycles. The predicted molar refractivity (Wildman–Crippen MR) is 106 cm³/mol. The number of carboxylic acid groups (broad SMARTS) is 1. The molecule has 1 N–H and O–H groups in total. The van der Waals surface area contributed by atoms with Crippen molar-refractivity contribution in [1.29, 1.82) is 0 Å². The second-order valence-corrected chi connectivity index (χ2v) is 7.93. The fourth-order valence-corrected chi connectivity index (χ4v) is 4.32. The van der Waals surface area contributed by atoms with Crippen molar-refractivity contribution in [3.05, 3.63) is 35.4 Å². The summed E-state index contributed by atoms with van der Waals surface area (Å²) in [7, 11) is 0. The zero-order valence-electron chi connectivity index (χ0n) is 16.4. The summed E-state index contributed by atoms with van der Waals surface area (Å²) in [6.45, 7) is 2.33. The van der Waals surface area contributed by atoms with Crippen LogP contribution in [0.3, 0.4) is 0 Å². The van der Waals surface area contributed by atoms with Crippen molar-refractivity contribution in [2.45, 2.75) is 51.4 Å². The lowest BCUT2D eigenvalue weighted by molar-refractivity contribution is -0.140. The van der Waals surface area contributed by atoms with Gasteiger partial charge in [-0.2, -0.15) is 0 Å². The Labute approximate surface area is 166 Å². The molecule has 2 amide bonds. The van der Waals surface area contributed by atoms with Crippen LogP contribution in [0.1, 0.15) is 60.9 Å². The van der Waals surface area contributed by atoms with Crippen LogP contribution in [-0.2, 0) is 16.0 Å². The summed E-state index contributed by atoms with van der Waals surface area (Å²) in [5, 5.41) is 9.25. The normalized spacial score (nSPS) is 18.1. The smallest absolute Gasteiger partial charge is 0.335 e. The van der Waals surface area contributed by atoms with E-state index in [0.29, 0.717) is 56.9 Å². The van der Waals surface area contributed by atoms with Crippen molar-refractivity contribution < 1.29 is 19.5 Å². The molecule has 28 heavy (non-hydrogen) atoms. The van der Waals surface area contributed by atoms with Gasteiger partial charge in [-0.15, -0.1) is 0 Å². The van der Waals surface area contributed by atoms with Gasteiger partial charge in [-0.05, 0) is 36.8 Å². The summed E-state index contributed by atoms with van der Waals surface area (Å²) in [5.74, 6) is -0.169. The summed E-state index contributed by atoms with van der Waals surface area (Å²) in [4.78, 5) is 40.0. The molecular formula is C22H30N2O4. The summed E-state index contributed by atoms with van der Waals surface area (Å²) in [6, 6.07) is 6.82. The van der Waals surface area contributed by atoms with E-state index in [-0.39, 0.29) is 17.4 Å². The minimum absolute atomic E-state index is 0.0274. The van der Waals surface area contributed by atoms with Crippen molar-refractivity contribution >= 4 is 17.8 Å². The average Bonchev–Trinajstić information content (AvgIpc) is 2.73. The number of carbonyl (C=O) groups excluding carboxylic acids is 2. The number of rotatable bonds is 6. The highest BCUT2D eigenvalue weighted by molar-refractivity contribution is 5.89. The molecule has 0 spiro atoms. The third-order valence-electron chi connectivity index (χ3n) is 6.03. The molecule has 0 aromatic heterocycles. The lowest BCUT2D eigenvalue weighted by atomic mass is 9.86. The first-order valence-electron chi connectivity index (χ1n) is 10.4. The molecule has 0 bridgehead atoms. The Morgan fingerprint density at radius 2 is 1.50 bits per heavy atom. The van der Waals surface area contributed by atoms with E-state index < -0.39 is 5.97 Å². The van der Waals surface area contributed by atoms with Crippen molar-refractivity contribution in [2.24, 2.45) is 5.92 Å². The van der Waals surface area contributed by atoms with E-state index in [0.717, 1.165) is 0 Å². The van der Waals surface area contributed by atoms with Gasteiger partial charge in [0.05, 0.1) is 5.56 Å². The van der Waals surface area contributed by atoms with Crippen LogP contribution in [0, 0.1) is 5.92 Å². The Balaban J connectivity index is 1.43. The summed E-state index contributed by atoms with van der Waals surface area (Å²) in [5.41, 5.74) is 0.943. The SMILES string of the molecule is O=C(O)c1ccccc1CCC(=O)N1CCN(C(=O)CC2CCCCC2)CC1. The zero-order chi connectivity index (χ0) is 19.9. The number of benzene rings is 1. The number of piperazine rings is 1. The van der Waals surface area contributed by atoms with E-state index in [1.807, 2.05) is 4.90 Å². The lowest BCUT2D eigenvalue weighted by Gasteiger charge is -2.36. The van der Waals surface area contributed by atoms with Gasteiger partial charge in [-0.1, -0.05) is 37.5 Å². The molecule has 1 saturated heterocycles. The van der Waals surface area contributed by atoms with E-state index in [9.17, 15) is 19.5 Å². The van der Waals surface area contributed by atoms with Crippen LogP contribution in [0.4, 0.5) is 0 Å². The molecule has 2 aliphatic rings. The maximum Gasteiger partial charge on any atom is 0.335 e. The number of carbonyl (C=O) groups is 3. The molecule has 6 nitrogen and oxygen atoms in total. The van der Waals surface area contributed by atoms with Gasteiger partial charge in [-0.25, -0.2) is 4.79 Å². The molecule has 1 aliphatic heterocycles. The van der Waals surface area contributed by atoms with Gasteiger partial charge in [0.25, 0.3) is 0 Å². The van der Waals surface area contributed by atoms with E-state index in [1.165, 1.54) is 32.1 Å². The van der Waals surface area contributed by atoms with Gasteiger partial charge in [0.1, 0.15) is 0 Å². The lowest BCUT2D eigenvalue weighted by Crippen LogP contribution is -2.51. The fraction of sp³-hybridized carbons (Fsp3) is 0.591. The maximum absolute atomic E-state index is 12.5. The Hall–Kier alpha value is -2.37. The number of hydrogen-bond acceptors (Lipinski definition) is 3. The van der Waals surface area contributed by atoms with E-state index in [2.05, 4.69) is 0 Å². The highest BCUT2D eigenvalue weighted by Gasteiger charge is 2.26. The molecule has 0 radical (unpaired) electrons. The average molecular weight is 386 g/mol. The second-order valence-electron chi connectivity index (χ2n) is 7.93. The largest absolute Gasteiger partial charge is 0.478 e. The summed E-state index contributed by atoms with van der Waals surface area (Å²) >= 11 is 0. The first-order chi connectivity index (χ1) is 13.5. The van der Waals surface area contributed by atoms with Crippen molar-refractivity contribution in [1.82, 2.24) is 9.80 Å². The Bertz CT molecular complexity index is 704. The van der Waals surface area contributed by atoms with E-state index in [1.54, 1.807) is 29.2 Å². The number of amides is 2. The molecule has 1 heterocycles. The molecular weight excluding hydrogens is 356 g/mol. The van der Waals surface area contributed by atoms with Gasteiger partial charge < -0.3 is 14.9 Å². The van der Waals surface area contributed by atoms with Crippen LogP contribution in [-0.4, -0.2) is 58.9 Å². The topological polar surface area (TPSA) is 77.9 Å². The third kappa shape index (κ3) is 5.33. The van der Waals surface area contributed by atoms with Crippen LogP contribution in [0.25, 0.3) is 0 Å². The third-order valence-corrected chi connectivity index (χ3v) is 6.03.